The molecule has 6 rings (SSSR count). The largest absolute Gasteiger partial charge is 0.494 e. The molecule has 0 spiro atoms. The van der Waals surface area contributed by atoms with Crippen LogP contribution in [0.5, 0.6) is 5.75 Å². The van der Waals surface area contributed by atoms with E-state index in [2.05, 4.69) is 82.1 Å². The first-order valence-electron chi connectivity index (χ1n) is 13.9. The van der Waals surface area contributed by atoms with Gasteiger partial charge in [0.1, 0.15) is 5.75 Å². The molecule has 0 aliphatic carbocycles. The van der Waals surface area contributed by atoms with Gasteiger partial charge in [-0.05, 0) is 105 Å². The molecule has 4 heterocycles. The van der Waals surface area contributed by atoms with Crippen LogP contribution in [0, 0.1) is 13.8 Å². The highest BCUT2D eigenvalue weighted by molar-refractivity contribution is 7.80. The molecule has 2 aromatic carbocycles. The lowest BCUT2D eigenvalue weighted by atomic mass is 9.96. The quantitative estimate of drug-likeness (QED) is 0.286. The number of benzene rings is 2. The number of thiocarbonyl (C=S) groups is 1. The van der Waals surface area contributed by atoms with Crippen molar-refractivity contribution >= 4 is 28.7 Å². The van der Waals surface area contributed by atoms with Crippen molar-refractivity contribution in [2.75, 3.05) is 42.7 Å². The summed E-state index contributed by atoms with van der Waals surface area (Å²) in [5, 5.41) is 4.27. The Balaban J connectivity index is 1.40. The van der Waals surface area contributed by atoms with Crippen LogP contribution in [0.15, 0.2) is 79.0 Å². The third-order valence-electron chi connectivity index (χ3n) is 7.80. The third kappa shape index (κ3) is 4.93. The Hall–Kier alpha value is -3.88. The van der Waals surface area contributed by atoms with Gasteiger partial charge in [-0.2, -0.15) is 0 Å². The van der Waals surface area contributed by atoms with Gasteiger partial charge in [0.25, 0.3) is 0 Å². The lowest BCUT2D eigenvalue weighted by Crippen LogP contribution is -2.36. The second kappa shape index (κ2) is 11.3. The van der Waals surface area contributed by atoms with E-state index in [0.29, 0.717) is 11.7 Å². The Kier molecular flexibility index (Phi) is 7.45. The Labute approximate surface area is 241 Å². The molecule has 2 aromatic heterocycles. The van der Waals surface area contributed by atoms with E-state index in [0.717, 1.165) is 49.1 Å². The highest BCUT2D eigenvalue weighted by atomic mass is 32.1. The smallest absolute Gasteiger partial charge is 0.174 e. The van der Waals surface area contributed by atoms with Crippen molar-refractivity contribution in [2.45, 2.75) is 32.9 Å². The lowest BCUT2D eigenvalue weighted by molar-refractivity contribution is 0.122. The Morgan fingerprint density at radius 3 is 2.33 bits per heavy atom. The van der Waals surface area contributed by atoms with Gasteiger partial charge in [0, 0.05) is 47.7 Å². The maximum absolute atomic E-state index is 5.95. The number of ether oxygens (including phenoxy) is 2. The van der Waals surface area contributed by atoms with Crippen LogP contribution in [0.2, 0.25) is 0 Å². The lowest BCUT2D eigenvalue weighted by Gasteiger charge is -2.29. The molecule has 2 saturated heterocycles. The number of nitrogens with one attached hydrogen (secondary N) is 1. The summed E-state index contributed by atoms with van der Waals surface area (Å²) in [7, 11) is 0. The van der Waals surface area contributed by atoms with Crippen LogP contribution in [0.4, 0.5) is 11.4 Å². The average Bonchev–Trinajstić information content (AvgIpc) is 3.49. The van der Waals surface area contributed by atoms with Gasteiger partial charge in [0.05, 0.1) is 37.6 Å². The summed E-state index contributed by atoms with van der Waals surface area (Å²) >= 11 is 5.95. The highest BCUT2D eigenvalue weighted by Crippen LogP contribution is 2.44. The number of rotatable bonds is 7. The number of nitrogens with zero attached hydrogens (tertiary/aromatic N) is 4. The molecular formula is C32H35N5O2S. The molecule has 0 radical (unpaired) electrons. The van der Waals surface area contributed by atoms with Crippen LogP contribution in [0.25, 0.3) is 5.69 Å². The predicted octanol–water partition coefficient (Wildman–Crippen LogP) is 5.90. The zero-order valence-electron chi connectivity index (χ0n) is 23.2. The molecule has 4 aromatic rings. The average molecular weight is 554 g/mol. The minimum absolute atomic E-state index is 0.0760. The first-order chi connectivity index (χ1) is 19.5. The van der Waals surface area contributed by atoms with Gasteiger partial charge >= 0.3 is 0 Å². The molecule has 40 heavy (non-hydrogen) atoms. The fraction of sp³-hybridized carbons (Fsp3) is 0.312. The number of pyridine rings is 1. The number of morpholine rings is 1. The van der Waals surface area contributed by atoms with Gasteiger partial charge in [0.15, 0.2) is 5.11 Å². The minimum atomic E-state index is -0.0992. The summed E-state index contributed by atoms with van der Waals surface area (Å²) in [5.41, 5.74) is 7.94. The zero-order valence-corrected chi connectivity index (χ0v) is 24.0. The summed E-state index contributed by atoms with van der Waals surface area (Å²) in [4.78, 5) is 9.32. The fourth-order valence-corrected chi connectivity index (χ4v) is 6.28. The SMILES string of the molecule is CCOc1ccc(N2C(=S)N[C@H](c3ccccn3)[C@H]2c2cc(C)n(-c3ccc(N4CCOCC4)cc3)c2C)cc1. The molecule has 2 aliphatic rings. The van der Waals surface area contributed by atoms with Crippen molar-refractivity contribution in [1.82, 2.24) is 14.9 Å². The first kappa shape index (κ1) is 26.3. The molecule has 1 N–H and O–H groups in total. The summed E-state index contributed by atoms with van der Waals surface area (Å²) in [6, 6.07) is 25.2. The molecule has 0 bridgehead atoms. The van der Waals surface area contributed by atoms with Gasteiger partial charge in [-0.25, -0.2) is 0 Å². The van der Waals surface area contributed by atoms with E-state index in [1.165, 1.54) is 22.6 Å². The van der Waals surface area contributed by atoms with Crippen molar-refractivity contribution < 1.29 is 9.47 Å². The highest BCUT2D eigenvalue weighted by Gasteiger charge is 2.42. The predicted molar refractivity (Wildman–Crippen MR) is 164 cm³/mol. The van der Waals surface area contributed by atoms with E-state index in [4.69, 9.17) is 26.7 Å². The monoisotopic (exact) mass is 553 g/mol. The molecule has 2 aliphatic heterocycles. The van der Waals surface area contributed by atoms with Gasteiger partial charge in [-0.15, -0.1) is 0 Å². The maximum Gasteiger partial charge on any atom is 0.174 e. The van der Waals surface area contributed by atoms with E-state index >= 15 is 0 Å². The standard InChI is InChI=1S/C32H35N5O2S/c1-4-39-27-14-12-26(13-15-27)37-31(30(34-32(37)40)29-7-5-6-16-33-29)28-21-22(2)36(23(28)3)25-10-8-24(9-11-25)35-17-19-38-20-18-35/h5-16,21,30-31H,4,17-20H2,1-3H3,(H,34,40)/t30-,31-/m1/s1. The second-order valence-electron chi connectivity index (χ2n) is 10.2. The molecule has 8 heteroatoms. The summed E-state index contributed by atoms with van der Waals surface area (Å²) in [6.45, 7) is 10.4. The van der Waals surface area contributed by atoms with Crippen LogP contribution in [0.1, 0.15) is 41.7 Å². The summed E-state index contributed by atoms with van der Waals surface area (Å²) in [5.74, 6) is 0.848. The molecular weight excluding hydrogens is 518 g/mol. The number of anilines is 2. The Morgan fingerprint density at radius 1 is 0.950 bits per heavy atom. The minimum Gasteiger partial charge on any atom is -0.494 e. The molecule has 0 saturated carbocycles. The van der Waals surface area contributed by atoms with Crippen LogP contribution in [-0.4, -0.2) is 47.6 Å². The van der Waals surface area contributed by atoms with Crippen LogP contribution < -0.4 is 19.9 Å². The molecule has 206 valence electrons. The van der Waals surface area contributed by atoms with E-state index in [-0.39, 0.29) is 12.1 Å². The van der Waals surface area contributed by atoms with E-state index in [9.17, 15) is 0 Å². The van der Waals surface area contributed by atoms with Crippen LogP contribution >= 0.6 is 12.2 Å². The summed E-state index contributed by atoms with van der Waals surface area (Å²) < 4.78 is 13.6. The van der Waals surface area contributed by atoms with Gasteiger partial charge < -0.3 is 29.2 Å². The maximum atomic E-state index is 5.95. The third-order valence-corrected chi connectivity index (χ3v) is 8.11. The van der Waals surface area contributed by atoms with Gasteiger partial charge in [0.2, 0.25) is 0 Å². The van der Waals surface area contributed by atoms with Crippen molar-refractivity contribution in [2.24, 2.45) is 0 Å². The van der Waals surface area contributed by atoms with E-state index < -0.39 is 0 Å². The van der Waals surface area contributed by atoms with Crippen LogP contribution in [0.3, 0.4) is 0 Å². The number of hydrogen-bond donors (Lipinski definition) is 1. The number of aryl methyl sites for hydroxylation is 1. The molecule has 7 nitrogen and oxygen atoms in total. The van der Waals surface area contributed by atoms with Crippen molar-refractivity contribution in [1.29, 1.82) is 0 Å². The van der Waals surface area contributed by atoms with Crippen molar-refractivity contribution in [3.8, 4) is 11.4 Å². The van der Waals surface area contributed by atoms with Crippen LogP contribution in [-0.2, 0) is 4.74 Å². The fourth-order valence-electron chi connectivity index (χ4n) is 5.94. The van der Waals surface area contributed by atoms with Gasteiger partial charge in [-0.3, -0.25) is 4.98 Å². The Morgan fingerprint density at radius 2 is 1.65 bits per heavy atom. The normalized spacial score (nSPS) is 19.1. The second-order valence-corrected chi connectivity index (χ2v) is 10.6. The number of aromatic nitrogens is 2. The molecule has 0 unspecified atom stereocenters. The van der Waals surface area contributed by atoms with Crippen molar-refractivity contribution in [3.63, 3.8) is 0 Å². The molecule has 0 amide bonds. The van der Waals surface area contributed by atoms with E-state index in [1.54, 1.807) is 0 Å². The van der Waals surface area contributed by atoms with Crippen molar-refractivity contribution in [3.05, 3.63) is 102 Å². The first-order valence-corrected chi connectivity index (χ1v) is 14.3. The topological polar surface area (TPSA) is 54.8 Å². The number of hydrogen-bond acceptors (Lipinski definition) is 5. The molecule has 2 fully saturated rings. The Bertz CT molecular complexity index is 1460. The zero-order chi connectivity index (χ0) is 27.6. The van der Waals surface area contributed by atoms with Gasteiger partial charge in [-0.1, -0.05) is 6.07 Å². The van der Waals surface area contributed by atoms with E-state index in [1.807, 2.05) is 37.4 Å². The molecule has 2 atom stereocenters. The summed E-state index contributed by atoms with van der Waals surface area (Å²) in [6.07, 6.45) is 1.84.